The molecule has 0 heterocycles. The van der Waals surface area contributed by atoms with E-state index in [4.69, 9.17) is 9.47 Å². The number of fused-ring (bicyclic) bond motifs is 5. The Bertz CT molecular complexity index is 753. The highest BCUT2D eigenvalue weighted by Crippen LogP contribution is 2.68. The van der Waals surface area contributed by atoms with Crippen LogP contribution < -0.4 is 0 Å². The quantitative estimate of drug-likeness (QED) is 0.595. The molecule has 0 aromatic heterocycles. The smallest absolute Gasteiger partial charge is 0.305 e. The van der Waals surface area contributed by atoms with E-state index >= 15 is 0 Å². The van der Waals surface area contributed by atoms with Gasteiger partial charge in [-0.15, -0.1) is 0 Å². The van der Waals surface area contributed by atoms with Crippen LogP contribution in [0, 0.1) is 46.3 Å². The van der Waals surface area contributed by atoms with Gasteiger partial charge in [0.1, 0.15) is 6.10 Å². The maximum atomic E-state index is 12.1. The standard InChI is InChI=1S/C27H44O6/c1-15(6-9-24(31)32-5)19-7-8-20-25-21(14-23(30)27(19,20)4)26(3)11-10-18(29)12-17(26)13-22(25)33-16(2)28/h15,17-23,25,29-30H,6-14H2,1-5H3/t15-,17+,18-,19-,20+,21+,22+,23+,25+,26-,27+/m0/s1. The van der Waals surface area contributed by atoms with E-state index < -0.39 is 6.10 Å². The molecule has 4 aliphatic carbocycles. The highest BCUT2D eigenvalue weighted by molar-refractivity contribution is 5.69. The van der Waals surface area contributed by atoms with Crippen LogP contribution in [-0.4, -0.2) is 47.6 Å². The van der Waals surface area contributed by atoms with Gasteiger partial charge >= 0.3 is 11.9 Å². The van der Waals surface area contributed by atoms with Gasteiger partial charge < -0.3 is 19.7 Å². The summed E-state index contributed by atoms with van der Waals surface area (Å²) in [6.07, 6.45) is 6.54. The van der Waals surface area contributed by atoms with Crippen molar-refractivity contribution in [2.75, 3.05) is 7.11 Å². The van der Waals surface area contributed by atoms with Gasteiger partial charge in [-0.05, 0) is 91.8 Å². The second-order valence-electron chi connectivity index (χ2n) is 12.2. The summed E-state index contributed by atoms with van der Waals surface area (Å²) in [5.41, 5.74) is -0.177. The zero-order valence-corrected chi connectivity index (χ0v) is 21.1. The van der Waals surface area contributed by atoms with E-state index in [2.05, 4.69) is 20.8 Å². The fourth-order valence-corrected chi connectivity index (χ4v) is 9.09. The molecule has 6 nitrogen and oxygen atoms in total. The molecule has 188 valence electrons. The number of aliphatic hydroxyl groups is 2. The van der Waals surface area contributed by atoms with Gasteiger partial charge in [0.15, 0.2) is 0 Å². The molecule has 0 saturated heterocycles. The van der Waals surface area contributed by atoms with Crippen LogP contribution in [-0.2, 0) is 19.1 Å². The Hall–Kier alpha value is -1.14. The van der Waals surface area contributed by atoms with Crippen molar-refractivity contribution in [3.63, 3.8) is 0 Å². The van der Waals surface area contributed by atoms with Crippen molar-refractivity contribution < 1.29 is 29.3 Å². The number of carbonyl (C=O) groups excluding carboxylic acids is 2. The van der Waals surface area contributed by atoms with Crippen molar-refractivity contribution >= 4 is 11.9 Å². The van der Waals surface area contributed by atoms with Gasteiger partial charge in [-0.2, -0.15) is 0 Å². The van der Waals surface area contributed by atoms with Crippen LogP contribution in [0.1, 0.15) is 85.5 Å². The summed E-state index contributed by atoms with van der Waals surface area (Å²) < 4.78 is 10.9. The third kappa shape index (κ3) is 4.13. The summed E-state index contributed by atoms with van der Waals surface area (Å²) in [5.74, 6) is 1.40. The molecule has 33 heavy (non-hydrogen) atoms. The highest BCUT2D eigenvalue weighted by Gasteiger charge is 2.66. The number of aliphatic hydroxyl groups excluding tert-OH is 2. The van der Waals surface area contributed by atoms with Crippen molar-refractivity contribution in [3.8, 4) is 0 Å². The summed E-state index contributed by atoms with van der Waals surface area (Å²) in [6, 6.07) is 0. The molecule has 0 radical (unpaired) electrons. The van der Waals surface area contributed by atoms with Crippen LogP contribution in [0.4, 0.5) is 0 Å². The van der Waals surface area contributed by atoms with E-state index in [0.717, 1.165) is 51.4 Å². The molecule has 0 aliphatic heterocycles. The number of carbonyl (C=O) groups is 2. The normalized spacial score (nSPS) is 47.6. The Morgan fingerprint density at radius 3 is 2.45 bits per heavy atom. The van der Waals surface area contributed by atoms with Crippen LogP contribution in [0.5, 0.6) is 0 Å². The van der Waals surface area contributed by atoms with Gasteiger partial charge in [0.25, 0.3) is 0 Å². The lowest BCUT2D eigenvalue weighted by atomic mass is 9.43. The average Bonchev–Trinajstić information content (AvgIpc) is 3.11. The molecule has 11 atom stereocenters. The fraction of sp³-hybridized carbons (Fsp3) is 0.926. The largest absolute Gasteiger partial charge is 0.469 e. The van der Waals surface area contributed by atoms with Gasteiger partial charge in [0.05, 0.1) is 19.3 Å². The minimum absolute atomic E-state index is 0.0669. The Balaban J connectivity index is 1.64. The SMILES string of the molecule is COC(=O)CC[C@H](C)[C@@H]1CC[C@@H]2[C@@H]3[C@@H](C[C@@H](O)[C@@]21C)[C@@]1(C)CC[C@H](O)C[C@@H]1C[C@H]3OC(C)=O. The number of rotatable bonds is 5. The lowest BCUT2D eigenvalue weighted by molar-refractivity contribution is -0.216. The summed E-state index contributed by atoms with van der Waals surface area (Å²) >= 11 is 0. The molecule has 4 aliphatic rings. The maximum absolute atomic E-state index is 12.1. The van der Waals surface area contributed by atoms with Crippen molar-refractivity contribution in [1.29, 1.82) is 0 Å². The maximum Gasteiger partial charge on any atom is 0.305 e. The molecule has 0 unspecified atom stereocenters. The number of esters is 2. The first-order chi connectivity index (χ1) is 15.5. The minimum atomic E-state index is -0.405. The van der Waals surface area contributed by atoms with Crippen molar-refractivity contribution in [2.45, 2.75) is 104 Å². The molecule has 2 N–H and O–H groups in total. The van der Waals surface area contributed by atoms with Gasteiger partial charge in [-0.25, -0.2) is 0 Å². The lowest BCUT2D eigenvalue weighted by Gasteiger charge is -2.63. The van der Waals surface area contributed by atoms with Crippen LogP contribution >= 0.6 is 0 Å². The van der Waals surface area contributed by atoms with Crippen LogP contribution in [0.3, 0.4) is 0 Å². The Labute approximate surface area is 198 Å². The average molecular weight is 465 g/mol. The molecule has 4 fully saturated rings. The lowest BCUT2D eigenvalue weighted by Crippen LogP contribution is -2.62. The minimum Gasteiger partial charge on any atom is -0.469 e. The van der Waals surface area contributed by atoms with Gasteiger partial charge in [-0.3, -0.25) is 9.59 Å². The Morgan fingerprint density at radius 2 is 1.79 bits per heavy atom. The first kappa shape index (κ1) is 25.0. The first-order valence-corrected chi connectivity index (χ1v) is 13.1. The molecule has 4 rings (SSSR count). The second-order valence-corrected chi connectivity index (χ2v) is 12.2. The van der Waals surface area contributed by atoms with E-state index in [1.165, 1.54) is 14.0 Å². The number of hydrogen-bond acceptors (Lipinski definition) is 6. The van der Waals surface area contributed by atoms with Gasteiger partial charge in [0, 0.05) is 19.3 Å². The van der Waals surface area contributed by atoms with Gasteiger partial charge in [0.2, 0.25) is 0 Å². The van der Waals surface area contributed by atoms with E-state index in [9.17, 15) is 19.8 Å². The molecule has 0 aromatic carbocycles. The summed E-state index contributed by atoms with van der Waals surface area (Å²) in [4.78, 5) is 23.9. The summed E-state index contributed by atoms with van der Waals surface area (Å²) in [7, 11) is 1.43. The van der Waals surface area contributed by atoms with Crippen molar-refractivity contribution in [1.82, 2.24) is 0 Å². The number of hydrogen-bond donors (Lipinski definition) is 2. The first-order valence-electron chi connectivity index (χ1n) is 13.1. The van der Waals surface area contributed by atoms with E-state index in [1.54, 1.807) is 0 Å². The fourth-order valence-electron chi connectivity index (χ4n) is 9.09. The highest BCUT2D eigenvalue weighted by atomic mass is 16.5. The predicted molar refractivity (Wildman–Crippen MR) is 124 cm³/mol. The summed E-state index contributed by atoms with van der Waals surface area (Å²) in [5, 5.41) is 22.1. The predicted octanol–water partition coefficient (Wildman–Crippen LogP) is 4.11. The van der Waals surface area contributed by atoms with E-state index in [-0.39, 0.29) is 40.9 Å². The molecule has 0 aromatic rings. The van der Waals surface area contributed by atoms with E-state index in [1.807, 2.05) is 0 Å². The molecular weight excluding hydrogens is 420 g/mol. The molecule has 0 bridgehead atoms. The zero-order chi connectivity index (χ0) is 24.1. The Kier molecular flexibility index (Phi) is 6.92. The zero-order valence-electron chi connectivity index (χ0n) is 21.1. The van der Waals surface area contributed by atoms with Crippen LogP contribution in [0.2, 0.25) is 0 Å². The molecule has 0 amide bonds. The topological polar surface area (TPSA) is 93.1 Å². The molecule has 0 spiro atoms. The van der Waals surface area contributed by atoms with Crippen LogP contribution in [0.25, 0.3) is 0 Å². The third-order valence-electron chi connectivity index (χ3n) is 10.8. The van der Waals surface area contributed by atoms with Crippen molar-refractivity contribution in [2.24, 2.45) is 46.3 Å². The molecule has 6 heteroatoms. The monoisotopic (exact) mass is 464 g/mol. The molecular formula is C27H44O6. The summed E-state index contributed by atoms with van der Waals surface area (Å²) in [6.45, 7) is 8.34. The van der Waals surface area contributed by atoms with Gasteiger partial charge in [-0.1, -0.05) is 20.8 Å². The van der Waals surface area contributed by atoms with E-state index in [0.29, 0.717) is 36.0 Å². The molecule has 4 saturated carbocycles. The van der Waals surface area contributed by atoms with Crippen molar-refractivity contribution in [3.05, 3.63) is 0 Å². The second kappa shape index (κ2) is 9.14. The number of methoxy groups -OCH3 is 1. The third-order valence-corrected chi connectivity index (χ3v) is 10.8. The number of ether oxygens (including phenoxy) is 2. The Morgan fingerprint density at radius 1 is 1.06 bits per heavy atom. The van der Waals surface area contributed by atoms with Crippen LogP contribution in [0.15, 0.2) is 0 Å².